The fraction of sp³-hybridized carbons (Fsp3) is 0.746. The van der Waals surface area contributed by atoms with E-state index in [1.54, 1.807) is 0 Å². The van der Waals surface area contributed by atoms with E-state index in [9.17, 15) is 14.4 Å². The Balaban J connectivity index is 4.44. The van der Waals surface area contributed by atoms with Gasteiger partial charge in [-0.1, -0.05) is 229 Å². The largest absolute Gasteiger partial charge is 0.462 e. The number of carbonyl (C=O) groups is 3. The maximum Gasteiger partial charge on any atom is 0.306 e. The Morgan fingerprint density at radius 2 is 0.600 bits per heavy atom. The molecule has 0 aliphatic heterocycles. The summed E-state index contributed by atoms with van der Waals surface area (Å²) in [7, 11) is 0. The van der Waals surface area contributed by atoms with Crippen LogP contribution in [0.15, 0.2) is 72.9 Å². The maximum absolute atomic E-state index is 12.8. The van der Waals surface area contributed by atoms with E-state index >= 15 is 0 Å². The van der Waals surface area contributed by atoms with E-state index in [1.807, 2.05) is 0 Å². The van der Waals surface area contributed by atoms with Crippen molar-refractivity contribution < 1.29 is 28.6 Å². The monoisotopic (exact) mass is 907 g/mol. The normalized spacial score (nSPS) is 12.6. The van der Waals surface area contributed by atoms with Crippen LogP contribution in [0, 0.1) is 0 Å². The highest BCUT2D eigenvalue weighted by Gasteiger charge is 2.19. The van der Waals surface area contributed by atoms with Gasteiger partial charge in [-0.05, 0) is 89.9 Å². The molecule has 1 atom stereocenters. The Hall–Kier alpha value is -3.15. The van der Waals surface area contributed by atoms with Crippen molar-refractivity contribution in [1.82, 2.24) is 0 Å². The molecular weight excluding hydrogens is 805 g/mol. The van der Waals surface area contributed by atoms with Crippen molar-refractivity contribution >= 4 is 17.9 Å². The fourth-order valence-corrected chi connectivity index (χ4v) is 7.58. The van der Waals surface area contributed by atoms with Crippen molar-refractivity contribution in [1.29, 1.82) is 0 Å². The Bertz CT molecular complexity index is 1230. The lowest BCUT2D eigenvalue weighted by Gasteiger charge is -2.18. The van der Waals surface area contributed by atoms with Gasteiger partial charge in [-0.2, -0.15) is 0 Å². The molecule has 0 aromatic heterocycles. The van der Waals surface area contributed by atoms with E-state index < -0.39 is 6.10 Å². The molecule has 0 aliphatic carbocycles. The number of hydrogen-bond acceptors (Lipinski definition) is 6. The molecule has 0 saturated heterocycles. The van der Waals surface area contributed by atoms with Gasteiger partial charge < -0.3 is 14.2 Å². The van der Waals surface area contributed by atoms with E-state index in [2.05, 4.69) is 93.7 Å². The molecule has 0 fully saturated rings. The molecule has 65 heavy (non-hydrogen) atoms. The highest BCUT2D eigenvalue weighted by atomic mass is 16.6. The van der Waals surface area contributed by atoms with Crippen LogP contribution in [-0.2, 0) is 28.6 Å². The van der Waals surface area contributed by atoms with Crippen molar-refractivity contribution in [2.24, 2.45) is 0 Å². The van der Waals surface area contributed by atoms with Crippen LogP contribution in [0.5, 0.6) is 0 Å². The van der Waals surface area contributed by atoms with Crippen LogP contribution in [0.1, 0.15) is 265 Å². The number of allylic oxidation sites excluding steroid dienone is 12. The Kier molecular flexibility index (Phi) is 50.9. The molecule has 0 heterocycles. The van der Waals surface area contributed by atoms with Crippen molar-refractivity contribution in [2.45, 2.75) is 271 Å². The minimum Gasteiger partial charge on any atom is -0.462 e. The van der Waals surface area contributed by atoms with E-state index in [0.29, 0.717) is 19.3 Å². The number of hydrogen-bond donors (Lipinski definition) is 0. The molecular formula is C59H102O6. The number of ether oxygens (including phenoxy) is 3. The number of carbonyl (C=O) groups excluding carboxylic acids is 3. The highest BCUT2D eigenvalue weighted by Crippen LogP contribution is 2.15. The maximum atomic E-state index is 12.8. The highest BCUT2D eigenvalue weighted by molar-refractivity contribution is 5.71. The summed E-state index contributed by atoms with van der Waals surface area (Å²) in [6.07, 6.45) is 67.4. The summed E-state index contributed by atoms with van der Waals surface area (Å²) in [6, 6.07) is 0. The molecule has 0 saturated carbocycles. The Morgan fingerprint density at radius 1 is 0.323 bits per heavy atom. The fourth-order valence-electron chi connectivity index (χ4n) is 7.58. The zero-order chi connectivity index (χ0) is 47.2. The molecule has 0 N–H and O–H groups in total. The van der Waals surface area contributed by atoms with Gasteiger partial charge in [-0.15, -0.1) is 0 Å². The van der Waals surface area contributed by atoms with Crippen LogP contribution >= 0.6 is 0 Å². The number of rotatable bonds is 49. The van der Waals surface area contributed by atoms with Gasteiger partial charge in [-0.25, -0.2) is 0 Å². The molecule has 6 heteroatoms. The predicted molar refractivity (Wildman–Crippen MR) is 279 cm³/mol. The topological polar surface area (TPSA) is 78.9 Å². The first-order chi connectivity index (χ1) is 32.0. The molecule has 0 bridgehead atoms. The van der Waals surface area contributed by atoms with Crippen LogP contribution < -0.4 is 0 Å². The summed E-state index contributed by atoms with van der Waals surface area (Å²) in [5.74, 6) is -0.923. The van der Waals surface area contributed by atoms with Gasteiger partial charge in [0.15, 0.2) is 6.10 Å². The summed E-state index contributed by atoms with van der Waals surface area (Å²) in [6.45, 7) is 6.50. The smallest absolute Gasteiger partial charge is 0.306 e. The molecule has 0 unspecified atom stereocenters. The summed E-state index contributed by atoms with van der Waals surface area (Å²) in [5, 5.41) is 0. The first-order valence-corrected chi connectivity index (χ1v) is 27.4. The third-order valence-electron chi connectivity index (χ3n) is 11.7. The first kappa shape index (κ1) is 61.9. The van der Waals surface area contributed by atoms with Crippen LogP contribution in [0.2, 0.25) is 0 Å². The lowest BCUT2D eigenvalue weighted by Crippen LogP contribution is -2.30. The molecule has 374 valence electrons. The van der Waals surface area contributed by atoms with Gasteiger partial charge in [0.25, 0.3) is 0 Å². The predicted octanol–water partition coefficient (Wildman–Crippen LogP) is 18.2. The molecule has 0 rings (SSSR count). The molecule has 0 radical (unpaired) electrons. The summed E-state index contributed by atoms with van der Waals surface area (Å²) in [4.78, 5) is 38.1. The number of unbranched alkanes of at least 4 members (excludes halogenated alkanes) is 26. The van der Waals surface area contributed by atoms with E-state index in [0.717, 1.165) is 109 Å². The van der Waals surface area contributed by atoms with E-state index in [-0.39, 0.29) is 31.1 Å². The minimum atomic E-state index is -0.791. The quantitative estimate of drug-likeness (QED) is 0.0262. The molecule has 0 aliphatic rings. The SMILES string of the molecule is CC/C=C\C/C=C\C/C=C\C/C=C\C/C=C\CCCCCC(=O)OC[C@@H](COC(=O)CCCCCCCCCCCCCCC)OC(=O)CCCCCCC/C=C\CCCCCCCC. The van der Waals surface area contributed by atoms with Gasteiger partial charge in [0.1, 0.15) is 13.2 Å². The lowest BCUT2D eigenvalue weighted by atomic mass is 10.0. The van der Waals surface area contributed by atoms with Crippen LogP contribution in [0.25, 0.3) is 0 Å². The van der Waals surface area contributed by atoms with Crippen LogP contribution in [0.3, 0.4) is 0 Å². The van der Waals surface area contributed by atoms with Crippen molar-refractivity contribution in [2.75, 3.05) is 13.2 Å². The zero-order valence-corrected chi connectivity index (χ0v) is 42.7. The summed E-state index contributed by atoms with van der Waals surface area (Å²) in [5.41, 5.74) is 0. The molecule has 0 amide bonds. The number of esters is 3. The Morgan fingerprint density at radius 3 is 0.969 bits per heavy atom. The van der Waals surface area contributed by atoms with Crippen molar-refractivity contribution in [3.8, 4) is 0 Å². The van der Waals surface area contributed by atoms with Crippen molar-refractivity contribution in [3.05, 3.63) is 72.9 Å². The van der Waals surface area contributed by atoms with Crippen LogP contribution in [0.4, 0.5) is 0 Å². The first-order valence-electron chi connectivity index (χ1n) is 27.4. The van der Waals surface area contributed by atoms with Crippen LogP contribution in [-0.4, -0.2) is 37.2 Å². The van der Waals surface area contributed by atoms with E-state index in [1.165, 1.54) is 116 Å². The van der Waals surface area contributed by atoms with E-state index in [4.69, 9.17) is 14.2 Å². The summed E-state index contributed by atoms with van der Waals surface area (Å²) < 4.78 is 16.8. The lowest BCUT2D eigenvalue weighted by molar-refractivity contribution is -0.167. The molecule has 0 spiro atoms. The second kappa shape index (κ2) is 53.5. The average Bonchev–Trinajstić information content (AvgIpc) is 3.30. The average molecular weight is 907 g/mol. The van der Waals surface area contributed by atoms with Gasteiger partial charge in [0, 0.05) is 19.3 Å². The standard InChI is InChI=1S/C59H102O6/c1-4-7-10-13-16-19-22-25-27-28-29-30-32-34-37-40-43-46-49-52-58(61)64-55-56(54-63-57(60)51-48-45-42-39-36-33-24-21-18-15-12-9-6-3)65-59(62)53-50-47-44-41-38-35-31-26-23-20-17-14-11-8-5-2/h7,10,16,19,25-27,29-31,34,37,56H,4-6,8-9,11-15,17-18,20-24,28,32-33,35-36,38-55H2,1-3H3/b10-7-,19-16-,27-25-,30-29-,31-26-,37-34-/t56-/m1/s1. The third kappa shape index (κ3) is 51.7. The van der Waals surface area contributed by atoms with Gasteiger partial charge in [0.2, 0.25) is 0 Å². The Labute approximate surface area is 402 Å². The molecule has 0 aromatic rings. The zero-order valence-electron chi connectivity index (χ0n) is 42.7. The van der Waals surface area contributed by atoms with Gasteiger partial charge >= 0.3 is 17.9 Å². The molecule has 6 nitrogen and oxygen atoms in total. The minimum absolute atomic E-state index is 0.0874. The molecule has 0 aromatic carbocycles. The second-order valence-electron chi connectivity index (χ2n) is 18.1. The van der Waals surface area contributed by atoms with Gasteiger partial charge in [-0.3, -0.25) is 14.4 Å². The van der Waals surface area contributed by atoms with Crippen molar-refractivity contribution in [3.63, 3.8) is 0 Å². The second-order valence-corrected chi connectivity index (χ2v) is 18.1. The summed E-state index contributed by atoms with van der Waals surface area (Å²) >= 11 is 0. The third-order valence-corrected chi connectivity index (χ3v) is 11.7. The van der Waals surface area contributed by atoms with Gasteiger partial charge in [0.05, 0.1) is 0 Å².